The molecule has 2 N–H and O–H groups in total. The predicted molar refractivity (Wildman–Crippen MR) is 106 cm³/mol. The average Bonchev–Trinajstić information content (AvgIpc) is 3.02. The molecule has 0 saturated carbocycles. The van der Waals surface area contributed by atoms with E-state index in [-0.39, 0.29) is 23.3 Å². The van der Waals surface area contributed by atoms with E-state index in [0.717, 1.165) is 22.4 Å². The number of anilines is 1. The van der Waals surface area contributed by atoms with Crippen molar-refractivity contribution in [2.45, 2.75) is 20.8 Å². The third-order valence-corrected chi connectivity index (χ3v) is 4.29. The number of carbonyl (C=O) groups is 2. The van der Waals surface area contributed by atoms with Gasteiger partial charge in [-0.3, -0.25) is 14.0 Å². The summed E-state index contributed by atoms with van der Waals surface area (Å²) < 4.78 is 1.61. The van der Waals surface area contributed by atoms with Gasteiger partial charge in [0.25, 0.3) is 11.8 Å². The van der Waals surface area contributed by atoms with Crippen molar-refractivity contribution in [2.75, 3.05) is 11.9 Å². The predicted octanol–water partition coefficient (Wildman–Crippen LogP) is 3.43. The largest absolute Gasteiger partial charge is 0.346 e. The van der Waals surface area contributed by atoms with Crippen LogP contribution >= 0.6 is 0 Å². The second-order valence-corrected chi connectivity index (χ2v) is 6.47. The van der Waals surface area contributed by atoms with Crippen LogP contribution < -0.4 is 10.6 Å². The molecule has 138 valence electrons. The Hall–Kier alpha value is -3.41. The number of nitrogens with one attached hydrogen (secondary N) is 2. The number of hydrogen-bond acceptors (Lipinski definition) is 3. The number of hydrogen-bond donors (Lipinski definition) is 2. The Labute approximate surface area is 157 Å². The van der Waals surface area contributed by atoms with Crippen molar-refractivity contribution in [3.8, 4) is 0 Å². The maximum absolute atomic E-state index is 12.9. The summed E-state index contributed by atoms with van der Waals surface area (Å²) in [6.07, 6.45) is 3.30. The van der Waals surface area contributed by atoms with Crippen LogP contribution in [-0.2, 0) is 0 Å². The molecule has 3 rings (SSSR count). The molecule has 1 aromatic carbocycles. The Morgan fingerprint density at radius 3 is 2.52 bits per heavy atom. The number of aromatic nitrogens is 2. The summed E-state index contributed by atoms with van der Waals surface area (Å²) in [5.74, 6) is -0.552. The lowest BCUT2D eigenvalue weighted by molar-refractivity contribution is 0.0947. The zero-order valence-electron chi connectivity index (χ0n) is 15.7. The molecule has 2 aromatic heterocycles. The number of imidazole rings is 1. The Balaban J connectivity index is 2.01. The molecule has 2 heterocycles. The van der Waals surface area contributed by atoms with Crippen molar-refractivity contribution in [3.63, 3.8) is 0 Å². The molecule has 2 amide bonds. The van der Waals surface area contributed by atoms with Gasteiger partial charge in [-0.05, 0) is 44.0 Å². The summed E-state index contributed by atoms with van der Waals surface area (Å²) >= 11 is 0. The molecule has 0 atom stereocenters. The van der Waals surface area contributed by atoms with E-state index < -0.39 is 0 Å². The lowest BCUT2D eigenvalue weighted by Crippen LogP contribution is -2.25. The van der Waals surface area contributed by atoms with Gasteiger partial charge >= 0.3 is 0 Å². The number of rotatable bonds is 5. The molecular formula is C21H22N4O2. The van der Waals surface area contributed by atoms with Crippen LogP contribution in [0.4, 0.5) is 5.69 Å². The van der Waals surface area contributed by atoms with Gasteiger partial charge in [-0.25, -0.2) is 4.98 Å². The van der Waals surface area contributed by atoms with Gasteiger partial charge in [-0.15, -0.1) is 6.58 Å². The van der Waals surface area contributed by atoms with Gasteiger partial charge in [-0.1, -0.05) is 29.8 Å². The quantitative estimate of drug-likeness (QED) is 0.683. The molecular weight excluding hydrogens is 340 g/mol. The lowest BCUT2D eigenvalue weighted by atomic mass is 10.0. The molecule has 6 nitrogen and oxygen atoms in total. The first kappa shape index (κ1) is 18.4. The number of fused-ring (bicyclic) bond motifs is 1. The lowest BCUT2D eigenvalue weighted by Gasteiger charge is -2.12. The van der Waals surface area contributed by atoms with E-state index in [1.807, 2.05) is 39.0 Å². The van der Waals surface area contributed by atoms with Gasteiger partial charge in [0.1, 0.15) is 0 Å². The fraction of sp³-hybridized carbons (Fsp3) is 0.190. The summed E-state index contributed by atoms with van der Waals surface area (Å²) in [7, 11) is 0. The average molecular weight is 362 g/mol. The number of amides is 2. The van der Waals surface area contributed by atoms with Crippen molar-refractivity contribution in [1.29, 1.82) is 0 Å². The number of benzene rings is 1. The maximum Gasteiger partial charge on any atom is 0.287 e. The van der Waals surface area contributed by atoms with Crippen molar-refractivity contribution in [1.82, 2.24) is 14.7 Å². The maximum atomic E-state index is 12.9. The molecule has 0 unspecified atom stereocenters. The highest BCUT2D eigenvalue weighted by molar-refractivity contribution is 6.09. The van der Waals surface area contributed by atoms with Crippen LogP contribution in [0.2, 0.25) is 0 Å². The van der Waals surface area contributed by atoms with Crippen LogP contribution in [0, 0.1) is 20.8 Å². The van der Waals surface area contributed by atoms with Crippen molar-refractivity contribution in [2.24, 2.45) is 0 Å². The van der Waals surface area contributed by atoms with Gasteiger partial charge in [0, 0.05) is 18.4 Å². The smallest absolute Gasteiger partial charge is 0.287 e. The van der Waals surface area contributed by atoms with Gasteiger partial charge in [0.2, 0.25) is 5.82 Å². The highest BCUT2D eigenvalue weighted by Crippen LogP contribution is 2.23. The zero-order chi connectivity index (χ0) is 19.6. The molecule has 0 aliphatic rings. The molecule has 0 saturated heterocycles. The standard InChI is InChI=1S/C21H22N4O2/c1-5-9-22-21(27)19-23-18(16-8-6-7-10-25(16)19)20(26)24-17-14(3)11-13(2)12-15(17)4/h5-8,10-12H,1,9H2,2-4H3,(H,22,27)(H,24,26). The van der Waals surface area contributed by atoms with Gasteiger partial charge < -0.3 is 10.6 Å². The fourth-order valence-corrected chi connectivity index (χ4v) is 3.16. The van der Waals surface area contributed by atoms with E-state index in [2.05, 4.69) is 22.2 Å². The van der Waals surface area contributed by atoms with Crippen LogP contribution in [0.25, 0.3) is 5.52 Å². The van der Waals surface area contributed by atoms with Crippen LogP contribution in [0.15, 0.2) is 49.2 Å². The summed E-state index contributed by atoms with van der Waals surface area (Å²) in [4.78, 5) is 29.6. The van der Waals surface area contributed by atoms with Crippen molar-refractivity contribution in [3.05, 3.63) is 77.4 Å². The highest BCUT2D eigenvalue weighted by Gasteiger charge is 2.22. The van der Waals surface area contributed by atoms with Crippen LogP contribution in [0.5, 0.6) is 0 Å². The molecule has 27 heavy (non-hydrogen) atoms. The van der Waals surface area contributed by atoms with E-state index in [9.17, 15) is 9.59 Å². The first-order valence-electron chi connectivity index (χ1n) is 8.67. The Kier molecular flexibility index (Phi) is 5.07. The molecule has 0 bridgehead atoms. The molecule has 0 spiro atoms. The topological polar surface area (TPSA) is 75.5 Å². The highest BCUT2D eigenvalue weighted by atomic mass is 16.2. The van der Waals surface area contributed by atoms with Gasteiger partial charge in [0.15, 0.2) is 5.69 Å². The van der Waals surface area contributed by atoms with E-state index in [1.54, 1.807) is 28.8 Å². The fourth-order valence-electron chi connectivity index (χ4n) is 3.16. The van der Waals surface area contributed by atoms with E-state index in [4.69, 9.17) is 0 Å². The van der Waals surface area contributed by atoms with E-state index in [1.165, 1.54) is 0 Å². The third kappa shape index (κ3) is 3.60. The first-order chi connectivity index (χ1) is 12.9. The number of aryl methyl sites for hydroxylation is 3. The van der Waals surface area contributed by atoms with E-state index >= 15 is 0 Å². The minimum atomic E-state index is -0.363. The van der Waals surface area contributed by atoms with Gasteiger partial charge in [-0.2, -0.15) is 0 Å². The Bertz CT molecular complexity index is 1030. The van der Waals surface area contributed by atoms with Crippen molar-refractivity contribution < 1.29 is 9.59 Å². The van der Waals surface area contributed by atoms with Crippen LogP contribution in [0.1, 0.15) is 37.8 Å². The summed E-state index contributed by atoms with van der Waals surface area (Å²) in [6.45, 7) is 9.83. The van der Waals surface area contributed by atoms with E-state index in [0.29, 0.717) is 12.1 Å². The Morgan fingerprint density at radius 1 is 1.15 bits per heavy atom. The SMILES string of the molecule is C=CCNC(=O)c1nc(C(=O)Nc2c(C)cc(C)cc2C)c2ccccn12. The molecule has 0 fully saturated rings. The second-order valence-electron chi connectivity index (χ2n) is 6.47. The summed E-state index contributed by atoms with van der Waals surface area (Å²) in [5.41, 5.74) is 4.64. The van der Waals surface area contributed by atoms with Crippen LogP contribution in [-0.4, -0.2) is 27.7 Å². The minimum Gasteiger partial charge on any atom is -0.346 e. The normalized spacial score (nSPS) is 10.6. The number of carbonyl (C=O) groups excluding carboxylic acids is 2. The monoisotopic (exact) mass is 362 g/mol. The molecule has 0 radical (unpaired) electrons. The zero-order valence-corrected chi connectivity index (χ0v) is 15.7. The molecule has 6 heteroatoms. The molecule has 0 aliphatic heterocycles. The van der Waals surface area contributed by atoms with Crippen LogP contribution in [0.3, 0.4) is 0 Å². The van der Waals surface area contributed by atoms with Crippen molar-refractivity contribution >= 4 is 23.0 Å². The third-order valence-electron chi connectivity index (χ3n) is 4.29. The minimum absolute atomic E-state index is 0.162. The number of pyridine rings is 1. The first-order valence-corrected chi connectivity index (χ1v) is 8.67. The molecule has 3 aromatic rings. The number of nitrogens with zero attached hydrogens (tertiary/aromatic N) is 2. The van der Waals surface area contributed by atoms with Gasteiger partial charge in [0.05, 0.1) is 5.52 Å². The summed E-state index contributed by atoms with van der Waals surface area (Å²) in [5, 5.41) is 5.64. The summed E-state index contributed by atoms with van der Waals surface area (Å²) in [6, 6.07) is 9.39. The Morgan fingerprint density at radius 2 is 1.85 bits per heavy atom. The molecule has 0 aliphatic carbocycles. The second kappa shape index (κ2) is 7.45.